The van der Waals surface area contributed by atoms with Crippen LogP contribution in [0.1, 0.15) is 15.9 Å². The van der Waals surface area contributed by atoms with Crippen LogP contribution < -0.4 is 4.90 Å². The SMILES string of the molecule is O=C(c1cccc(CSc2cc(Cl)ccc2Cl)c1)N1CCN(c2nccs2)CC1. The summed E-state index contributed by atoms with van der Waals surface area (Å²) in [6.07, 6.45) is 1.82. The molecular weight excluding hydrogens is 445 g/mol. The zero-order chi connectivity index (χ0) is 20.2. The summed E-state index contributed by atoms with van der Waals surface area (Å²) in [6.45, 7) is 3.02. The van der Waals surface area contributed by atoms with Gasteiger partial charge in [-0.1, -0.05) is 35.3 Å². The Morgan fingerprint density at radius 3 is 2.69 bits per heavy atom. The second-order valence-corrected chi connectivity index (χ2v) is 9.39. The van der Waals surface area contributed by atoms with Gasteiger partial charge in [-0.3, -0.25) is 4.79 Å². The van der Waals surface area contributed by atoms with E-state index in [9.17, 15) is 4.79 Å². The topological polar surface area (TPSA) is 36.4 Å². The van der Waals surface area contributed by atoms with Gasteiger partial charge in [-0.2, -0.15) is 0 Å². The number of thiazole rings is 1. The number of aromatic nitrogens is 1. The molecule has 1 saturated heterocycles. The van der Waals surface area contributed by atoms with Crippen molar-refractivity contribution in [2.75, 3.05) is 31.1 Å². The summed E-state index contributed by atoms with van der Waals surface area (Å²) in [6, 6.07) is 13.3. The lowest BCUT2D eigenvalue weighted by Crippen LogP contribution is -2.48. The van der Waals surface area contributed by atoms with Crippen molar-refractivity contribution in [3.63, 3.8) is 0 Å². The molecule has 4 nitrogen and oxygen atoms in total. The maximum atomic E-state index is 13.0. The zero-order valence-corrected chi connectivity index (χ0v) is 18.7. The number of rotatable bonds is 5. The van der Waals surface area contributed by atoms with Crippen molar-refractivity contribution in [2.45, 2.75) is 10.6 Å². The molecule has 3 aromatic rings. The van der Waals surface area contributed by atoms with Crippen LogP contribution in [0.5, 0.6) is 0 Å². The Morgan fingerprint density at radius 2 is 1.93 bits per heavy atom. The summed E-state index contributed by atoms with van der Waals surface area (Å²) < 4.78 is 0. The largest absolute Gasteiger partial charge is 0.345 e. The number of halogens is 2. The van der Waals surface area contributed by atoms with Gasteiger partial charge < -0.3 is 9.80 Å². The lowest BCUT2D eigenvalue weighted by molar-refractivity contribution is 0.0746. The van der Waals surface area contributed by atoms with Gasteiger partial charge in [-0.05, 0) is 35.9 Å². The fourth-order valence-corrected chi connectivity index (χ4v) is 5.33. The highest BCUT2D eigenvalue weighted by Crippen LogP contribution is 2.32. The maximum absolute atomic E-state index is 13.0. The number of carbonyl (C=O) groups is 1. The molecule has 0 aliphatic carbocycles. The van der Waals surface area contributed by atoms with Crippen molar-refractivity contribution in [3.8, 4) is 0 Å². The van der Waals surface area contributed by atoms with Crippen LogP contribution in [-0.4, -0.2) is 42.0 Å². The molecule has 0 radical (unpaired) electrons. The van der Waals surface area contributed by atoms with E-state index in [0.29, 0.717) is 23.1 Å². The smallest absolute Gasteiger partial charge is 0.253 e. The number of anilines is 1. The second kappa shape index (κ2) is 9.39. The molecule has 0 N–H and O–H groups in total. The third-order valence-corrected chi connectivity index (χ3v) is 7.35. The molecule has 0 bridgehead atoms. The molecule has 150 valence electrons. The second-order valence-electron chi connectivity index (χ2n) is 6.66. The van der Waals surface area contributed by atoms with Crippen LogP contribution in [0, 0.1) is 0 Å². The van der Waals surface area contributed by atoms with Crippen LogP contribution in [0.2, 0.25) is 10.0 Å². The molecule has 0 unspecified atom stereocenters. The lowest BCUT2D eigenvalue weighted by Gasteiger charge is -2.34. The summed E-state index contributed by atoms with van der Waals surface area (Å²) in [4.78, 5) is 22.4. The number of thioether (sulfide) groups is 1. The predicted molar refractivity (Wildman–Crippen MR) is 123 cm³/mol. The Bertz CT molecular complexity index is 989. The van der Waals surface area contributed by atoms with Crippen molar-refractivity contribution in [2.24, 2.45) is 0 Å². The predicted octanol–water partition coefficient (Wildman–Crippen LogP) is 5.70. The molecule has 0 saturated carbocycles. The first kappa shape index (κ1) is 20.5. The van der Waals surface area contributed by atoms with Gasteiger partial charge in [-0.15, -0.1) is 23.1 Å². The van der Waals surface area contributed by atoms with Gasteiger partial charge in [0.1, 0.15) is 0 Å². The first-order valence-electron chi connectivity index (χ1n) is 9.20. The summed E-state index contributed by atoms with van der Waals surface area (Å²) in [7, 11) is 0. The summed E-state index contributed by atoms with van der Waals surface area (Å²) in [5.74, 6) is 0.801. The van der Waals surface area contributed by atoms with Gasteiger partial charge in [0.05, 0.1) is 5.02 Å². The Kier molecular flexibility index (Phi) is 6.65. The third-order valence-electron chi connectivity index (χ3n) is 4.72. The molecule has 1 fully saturated rings. The molecule has 1 aliphatic heterocycles. The van der Waals surface area contributed by atoms with Crippen LogP contribution in [0.3, 0.4) is 0 Å². The fraction of sp³-hybridized carbons (Fsp3) is 0.238. The van der Waals surface area contributed by atoms with Crippen molar-refractivity contribution >= 4 is 57.3 Å². The first-order chi connectivity index (χ1) is 14.1. The molecule has 4 rings (SSSR count). The molecule has 8 heteroatoms. The normalized spacial score (nSPS) is 14.3. The van der Waals surface area contributed by atoms with Gasteiger partial charge in [-0.25, -0.2) is 4.98 Å². The van der Waals surface area contributed by atoms with E-state index < -0.39 is 0 Å². The summed E-state index contributed by atoms with van der Waals surface area (Å²) in [5.41, 5.74) is 1.81. The van der Waals surface area contributed by atoms with Crippen LogP contribution >= 0.6 is 46.3 Å². The van der Waals surface area contributed by atoms with Crippen molar-refractivity contribution in [3.05, 3.63) is 75.2 Å². The van der Waals surface area contributed by atoms with Gasteiger partial charge >= 0.3 is 0 Å². The Labute approximate surface area is 188 Å². The van der Waals surface area contributed by atoms with E-state index >= 15 is 0 Å². The Hall–Kier alpha value is -1.73. The van der Waals surface area contributed by atoms with Gasteiger partial charge in [0.25, 0.3) is 5.91 Å². The number of nitrogens with zero attached hydrogens (tertiary/aromatic N) is 3. The van der Waals surface area contributed by atoms with E-state index in [1.165, 1.54) is 0 Å². The number of carbonyl (C=O) groups excluding carboxylic acids is 1. The Morgan fingerprint density at radius 1 is 1.10 bits per heavy atom. The maximum Gasteiger partial charge on any atom is 0.253 e. The molecular formula is C21H19Cl2N3OS2. The number of hydrogen-bond acceptors (Lipinski definition) is 5. The van der Waals surface area contributed by atoms with Crippen LogP contribution in [-0.2, 0) is 5.75 Å². The van der Waals surface area contributed by atoms with Gasteiger partial charge in [0, 0.05) is 59.0 Å². The standard InChI is InChI=1S/C21H19Cl2N3OS2/c22-17-4-5-18(23)19(13-17)29-14-15-2-1-3-16(12-15)20(27)25-7-9-26(10-8-25)21-24-6-11-28-21/h1-6,11-13H,7-10,14H2. The molecule has 1 aliphatic rings. The van der Waals surface area contributed by atoms with Gasteiger partial charge in [0.15, 0.2) is 5.13 Å². The van der Waals surface area contributed by atoms with Crippen LogP contribution in [0.4, 0.5) is 5.13 Å². The number of piperazine rings is 1. The summed E-state index contributed by atoms with van der Waals surface area (Å²) in [5, 5.41) is 4.35. The van der Waals surface area contributed by atoms with E-state index in [1.807, 2.05) is 46.8 Å². The monoisotopic (exact) mass is 463 g/mol. The quantitative estimate of drug-likeness (QED) is 0.454. The van der Waals surface area contributed by atoms with Crippen LogP contribution in [0.15, 0.2) is 58.9 Å². The van der Waals surface area contributed by atoms with E-state index in [0.717, 1.165) is 40.0 Å². The minimum atomic E-state index is 0.0800. The zero-order valence-electron chi connectivity index (χ0n) is 15.6. The molecule has 2 heterocycles. The molecule has 1 aromatic heterocycles. The minimum Gasteiger partial charge on any atom is -0.345 e. The molecule has 29 heavy (non-hydrogen) atoms. The average Bonchev–Trinajstić information content (AvgIpc) is 3.29. The number of benzene rings is 2. The molecule has 1 amide bonds. The minimum absolute atomic E-state index is 0.0800. The molecule has 0 spiro atoms. The van der Waals surface area contributed by atoms with E-state index in [4.69, 9.17) is 23.2 Å². The molecule has 2 aromatic carbocycles. The fourth-order valence-electron chi connectivity index (χ4n) is 3.20. The Balaban J connectivity index is 1.38. The van der Waals surface area contributed by atoms with Crippen LogP contribution in [0.25, 0.3) is 0 Å². The summed E-state index contributed by atoms with van der Waals surface area (Å²) >= 11 is 15.6. The number of amides is 1. The average molecular weight is 464 g/mol. The number of hydrogen-bond donors (Lipinski definition) is 0. The van der Waals surface area contributed by atoms with Crippen molar-refractivity contribution < 1.29 is 4.79 Å². The third kappa shape index (κ3) is 5.07. The van der Waals surface area contributed by atoms with E-state index in [-0.39, 0.29) is 5.91 Å². The van der Waals surface area contributed by atoms with Crippen molar-refractivity contribution in [1.82, 2.24) is 9.88 Å². The van der Waals surface area contributed by atoms with E-state index in [2.05, 4.69) is 9.88 Å². The van der Waals surface area contributed by atoms with Gasteiger partial charge in [0.2, 0.25) is 0 Å². The van der Waals surface area contributed by atoms with E-state index in [1.54, 1.807) is 35.2 Å². The highest BCUT2D eigenvalue weighted by atomic mass is 35.5. The lowest BCUT2D eigenvalue weighted by atomic mass is 10.1. The molecule has 0 atom stereocenters. The highest BCUT2D eigenvalue weighted by Gasteiger charge is 2.23. The van der Waals surface area contributed by atoms with Crippen molar-refractivity contribution in [1.29, 1.82) is 0 Å². The highest BCUT2D eigenvalue weighted by molar-refractivity contribution is 7.98. The first-order valence-corrected chi connectivity index (χ1v) is 11.8.